The Morgan fingerprint density at radius 2 is 1.72 bits per heavy atom. The monoisotopic (exact) mass is 357 g/mol. The molecule has 0 radical (unpaired) electrons. The minimum Gasteiger partial charge on any atom is -0.497 e. The fraction of sp³-hybridized carbons (Fsp3) is 0.167. The van der Waals surface area contributed by atoms with Crippen LogP contribution in [0.15, 0.2) is 42.5 Å². The SMILES string of the molecule is COc1ccc(C(=O)NC(=S)Nc2ccc(C)c(NC(C)=O)c2)cc1. The number of nitrogens with one attached hydrogen (secondary N) is 3. The zero-order chi connectivity index (χ0) is 18.4. The van der Waals surface area contributed by atoms with Crippen LogP contribution in [-0.2, 0) is 4.79 Å². The van der Waals surface area contributed by atoms with Crippen LogP contribution < -0.4 is 20.7 Å². The summed E-state index contributed by atoms with van der Waals surface area (Å²) in [5, 5.41) is 8.45. The van der Waals surface area contributed by atoms with Crippen molar-refractivity contribution in [3.63, 3.8) is 0 Å². The summed E-state index contributed by atoms with van der Waals surface area (Å²) in [7, 11) is 1.56. The second-order valence-corrected chi connectivity index (χ2v) is 5.76. The van der Waals surface area contributed by atoms with Crippen molar-refractivity contribution in [2.75, 3.05) is 17.7 Å². The molecule has 0 aliphatic heterocycles. The van der Waals surface area contributed by atoms with Gasteiger partial charge in [-0.1, -0.05) is 6.07 Å². The van der Waals surface area contributed by atoms with Gasteiger partial charge in [0.1, 0.15) is 5.75 Å². The number of rotatable bonds is 4. The smallest absolute Gasteiger partial charge is 0.257 e. The second kappa shape index (κ2) is 8.25. The van der Waals surface area contributed by atoms with E-state index in [-0.39, 0.29) is 16.9 Å². The Bertz CT molecular complexity index is 804. The third kappa shape index (κ3) is 5.29. The molecule has 7 heteroatoms. The Morgan fingerprint density at radius 1 is 1.04 bits per heavy atom. The van der Waals surface area contributed by atoms with Gasteiger partial charge in [0.25, 0.3) is 5.91 Å². The highest BCUT2D eigenvalue weighted by Crippen LogP contribution is 2.20. The summed E-state index contributed by atoms with van der Waals surface area (Å²) >= 11 is 5.17. The van der Waals surface area contributed by atoms with Crippen LogP contribution in [0.5, 0.6) is 5.75 Å². The van der Waals surface area contributed by atoms with Gasteiger partial charge in [-0.3, -0.25) is 14.9 Å². The number of hydrogen-bond donors (Lipinski definition) is 3. The van der Waals surface area contributed by atoms with Crippen molar-refractivity contribution in [1.82, 2.24) is 5.32 Å². The van der Waals surface area contributed by atoms with E-state index in [9.17, 15) is 9.59 Å². The van der Waals surface area contributed by atoms with Gasteiger partial charge in [0.15, 0.2) is 5.11 Å². The standard InChI is InChI=1S/C18H19N3O3S/c1-11-4-7-14(10-16(11)19-12(2)22)20-18(25)21-17(23)13-5-8-15(24-3)9-6-13/h4-10H,1-3H3,(H,19,22)(H2,20,21,23,25). The molecule has 6 nitrogen and oxygen atoms in total. The average molecular weight is 357 g/mol. The summed E-state index contributed by atoms with van der Waals surface area (Å²) in [5.74, 6) is 0.187. The second-order valence-electron chi connectivity index (χ2n) is 5.35. The minimum atomic E-state index is -0.325. The summed E-state index contributed by atoms with van der Waals surface area (Å²) in [6.07, 6.45) is 0. The van der Waals surface area contributed by atoms with E-state index in [1.165, 1.54) is 6.92 Å². The number of ether oxygens (including phenoxy) is 1. The highest BCUT2D eigenvalue weighted by molar-refractivity contribution is 7.80. The van der Waals surface area contributed by atoms with Gasteiger partial charge < -0.3 is 15.4 Å². The molecule has 0 fully saturated rings. The van der Waals surface area contributed by atoms with Gasteiger partial charge in [0, 0.05) is 23.9 Å². The maximum atomic E-state index is 12.2. The van der Waals surface area contributed by atoms with Crippen LogP contribution in [0.25, 0.3) is 0 Å². The van der Waals surface area contributed by atoms with Gasteiger partial charge in [-0.25, -0.2) is 0 Å². The molecule has 2 amide bonds. The third-order valence-corrected chi connectivity index (χ3v) is 3.59. The van der Waals surface area contributed by atoms with E-state index >= 15 is 0 Å². The first-order chi connectivity index (χ1) is 11.9. The average Bonchev–Trinajstić information content (AvgIpc) is 2.57. The fourth-order valence-electron chi connectivity index (χ4n) is 2.10. The quantitative estimate of drug-likeness (QED) is 0.733. The largest absolute Gasteiger partial charge is 0.497 e. The Hall–Kier alpha value is -2.93. The maximum absolute atomic E-state index is 12.2. The molecule has 25 heavy (non-hydrogen) atoms. The molecule has 0 saturated carbocycles. The number of methoxy groups -OCH3 is 1. The van der Waals surface area contributed by atoms with E-state index in [0.29, 0.717) is 22.7 Å². The maximum Gasteiger partial charge on any atom is 0.257 e. The van der Waals surface area contributed by atoms with E-state index < -0.39 is 0 Å². The molecule has 2 aromatic rings. The lowest BCUT2D eigenvalue weighted by atomic mass is 10.2. The molecule has 0 unspecified atom stereocenters. The van der Waals surface area contributed by atoms with Crippen molar-refractivity contribution in [1.29, 1.82) is 0 Å². The van der Waals surface area contributed by atoms with Crippen LogP contribution in [0, 0.1) is 6.92 Å². The van der Waals surface area contributed by atoms with Crippen molar-refractivity contribution in [2.45, 2.75) is 13.8 Å². The number of anilines is 2. The molecule has 2 rings (SSSR count). The Kier molecular flexibility index (Phi) is 6.08. The molecular weight excluding hydrogens is 338 g/mol. The van der Waals surface area contributed by atoms with E-state index in [1.54, 1.807) is 37.4 Å². The first kappa shape index (κ1) is 18.4. The molecule has 0 aliphatic rings. The number of aryl methyl sites for hydroxylation is 1. The zero-order valence-corrected chi connectivity index (χ0v) is 15.0. The lowest BCUT2D eigenvalue weighted by Crippen LogP contribution is -2.34. The summed E-state index contributed by atoms with van der Waals surface area (Å²) in [6.45, 7) is 3.33. The lowest BCUT2D eigenvalue weighted by molar-refractivity contribution is -0.114. The van der Waals surface area contributed by atoms with Gasteiger partial charge in [0.05, 0.1) is 7.11 Å². The molecular formula is C18H19N3O3S. The predicted octanol–water partition coefficient (Wildman–Crippen LogP) is 3.09. The van der Waals surface area contributed by atoms with Crippen molar-refractivity contribution in [2.24, 2.45) is 0 Å². The summed E-state index contributed by atoms with van der Waals surface area (Å²) in [6, 6.07) is 12.1. The highest BCUT2D eigenvalue weighted by Gasteiger charge is 2.09. The molecule has 0 bridgehead atoms. The highest BCUT2D eigenvalue weighted by atomic mass is 32.1. The van der Waals surface area contributed by atoms with Crippen molar-refractivity contribution in [3.05, 3.63) is 53.6 Å². The van der Waals surface area contributed by atoms with E-state index in [1.807, 2.05) is 19.1 Å². The number of thiocarbonyl (C=S) groups is 1. The van der Waals surface area contributed by atoms with E-state index in [0.717, 1.165) is 5.56 Å². The molecule has 0 aliphatic carbocycles. The third-order valence-electron chi connectivity index (χ3n) is 3.39. The lowest BCUT2D eigenvalue weighted by Gasteiger charge is -2.13. The number of carbonyl (C=O) groups is 2. The summed E-state index contributed by atoms with van der Waals surface area (Å²) in [4.78, 5) is 23.4. The molecule has 0 heterocycles. The molecule has 0 aromatic heterocycles. The molecule has 0 atom stereocenters. The molecule has 130 valence electrons. The van der Waals surface area contributed by atoms with Crippen LogP contribution in [0.1, 0.15) is 22.8 Å². The molecule has 0 saturated heterocycles. The van der Waals surface area contributed by atoms with Crippen LogP contribution in [0.4, 0.5) is 11.4 Å². The Morgan fingerprint density at radius 3 is 2.32 bits per heavy atom. The van der Waals surface area contributed by atoms with Gasteiger partial charge in [-0.2, -0.15) is 0 Å². The van der Waals surface area contributed by atoms with E-state index in [2.05, 4.69) is 16.0 Å². The molecule has 2 aromatic carbocycles. The Balaban J connectivity index is 2.01. The fourth-order valence-corrected chi connectivity index (χ4v) is 2.31. The zero-order valence-electron chi connectivity index (χ0n) is 14.2. The first-order valence-electron chi connectivity index (χ1n) is 7.53. The van der Waals surface area contributed by atoms with Crippen LogP contribution in [-0.4, -0.2) is 24.0 Å². The summed E-state index contributed by atoms with van der Waals surface area (Å²) < 4.78 is 5.06. The predicted molar refractivity (Wildman–Crippen MR) is 102 cm³/mol. The van der Waals surface area contributed by atoms with Crippen LogP contribution in [0.2, 0.25) is 0 Å². The topological polar surface area (TPSA) is 79.5 Å². The van der Waals surface area contributed by atoms with E-state index in [4.69, 9.17) is 17.0 Å². The van der Waals surface area contributed by atoms with Gasteiger partial charge in [-0.05, 0) is 61.1 Å². The van der Waals surface area contributed by atoms with Gasteiger partial charge in [0.2, 0.25) is 5.91 Å². The van der Waals surface area contributed by atoms with Crippen molar-refractivity contribution >= 4 is 40.5 Å². The van der Waals surface area contributed by atoms with Crippen LogP contribution >= 0.6 is 12.2 Å². The number of amides is 2. The van der Waals surface area contributed by atoms with Gasteiger partial charge in [-0.15, -0.1) is 0 Å². The number of carbonyl (C=O) groups excluding carboxylic acids is 2. The van der Waals surface area contributed by atoms with Crippen molar-refractivity contribution in [3.8, 4) is 5.75 Å². The summed E-state index contributed by atoms with van der Waals surface area (Å²) in [5.41, 5.74) is 2.73. The molecule has 3 N–H and O–H groups in total. The number of hydrogen-bond acceptors (Lipinski definition) is 4. The van der Waals surface area contributed by atoms with Crippen LogP contribution in [0.3, 0.4) is 0 Å². The normalized spacial score (nSPS) is 9.88. The van der Waals surface area contributed by atoms with Gasteiger partial charge >= 0.3 is 0 Å². The molecule has 0 spiro atoms. The first-order valence-corrected chi connectivity index (χ1v) is 7.94. The minimum absolute atomic E-state index is 0.157. The number of benzene rings is 2. The van der Waals surface area contributed by atoms with Crippen molar-refractivity contribution < 1.29 is 14.3 Å². The Labute approximate surface area is 151 Å².